The lowest BCUT2D eigenvalue weighted by Crippen LogP contribution is -2.29. The van der Waals surface area contributed by atoms with Gasteiger partial charge in [0, 0.05) is 0 Å². The van der Waals surface area contributed by atoms with Crippen LogP contribution in [0.4, 0.5) is 0 Å². The van der Waals surface area contributed by atoms with Gasteiger partial charge in [-0.15, -0.1) is 0 Å². The number of methoxy groups -OCH3 is 1. The molecule has 3 atom stereocenters. The molecule has 2 rings (SSSR count). The molecule has 1 saturated carbocycles. The fraction of sp³-hybridized carbons (Fsp3) is 0.647. The van der Waals surface area contributed by atoms with Gasteiger partial charge in [0.25, 0.3) is 0 Å². The highest BCUT2D eigenvalue weighted by Gasteiger charge is 2.30. The minimum atomic E-state index is 0.634. The van der Waals surface area contributed by atoms with Gasteiger partial charge in [0.05, 0.1) is 7.11 Å². The van der Waals surface area contributed by atoms with E-state index in [9.17, 15) is 0 Å². The maximum absolute atomic E-state index is 6.00. The Hall–Kier alpha value is -1.02. The zero-order valence-electron chi connectivity index (χ0n) is 12.5. The highest BCUT2D eigenvalue weighted by Crippen LogP contribution is 2.42. The predicted octanol–water partition coefficient (Wildman–Crippen LogP) is 3.87. The smallest absolute Gasteiger partial charge is 0.119 e. The summed E-state index contributed by atoms with van der Waals surface area (Å²) in [5, 5.41) is 0. The topological polar surface area (TPSA) is 35.2 Å². The molecule has 1 aliphatic rings. The SMILES string of the molecule is CCC1CCC(CN)C(c2ccc(OC)cc2C)C1. The molecule has 19 heavy (non-hydrogen) atoms. The summed E-state index contributed by atoms with van der Waals surface area (Å²) >= 11 is 0. The fourth-order valence-electron chi connectivity index (χ4n) is 3.55. The van der Waals surface area contributed by atoms with Gasteiger partial charge >= 0.3 is 0 Å². The van der Waals surface area contributed by atoms with E-state index in [-0.39, 0.29) is 0 Å². The summed E-state index contributed by atoms with van der Waals surface area (Å²) in [6.45, 7) is 5.32. The van der Waals surface area contributed by atoms with Crippen LogP contribution in [0.1, 0.15) is 49.7 Å². The van der Waals surface area contributed by atoms with Gasteiger partial charge in [-0.25, -0.2) is 0 Å². The van der Waals surface area contributed by atoms with Crippen molar-refractivity contribution in [3.05, 3.63) is 29.3 Å². The number of aryl methyl sites for hydroxylation is 1. The van der Waals surface area contributed by atoms with Crippen LogP contribution in [-0.4, -0.2) is 13.7 Å². The van der Waals surface area contributed by atoms with Gasteiger partial charge in [0.1, 0.15) is 5.75 Å². The second kappa shape index (κ2) is 6.42. The first kappa shape index (κ1) is 14.4. The van der Waals surface area contributed by atoms with Crippen molar-refractivity contribution in [2.24, 2.45) is 17.6 Å². The van der Waals surface area contributed by atoms with Crippen molar-refractivity contribution in [3.8, 4) is 5.75 Å². The normalized spacial score (nSPS) is 27.3. The van der Waals surface area contributed by atoms with E-state index in [0.717, 1.165) is 18.2 Å². The first-order chi connectivity index (χ1) is 9.19. The van der Waals surface area contributed by atoms with Crippen molar-refractivity contribution >= 4 is 0 Å². The highest BCUT2D eigenvalue weighted by atomic mass is 16.5. The number of benzene rings is 1. The first-order valence-electron chi connectivity index (χ1n) is 7.54. The van der Waals surface area contributed by atoms with Crippen molar-refractivity contribution in [2.45, 2.75) is 45.4 Å². The minimum absolute atomic E-state index is 0.634. The lowest BCUT2D eigenvalue weighted by atomic mass is 9.69. The molecular weight excluding hydrogens is 234 g/mol. The Morgan fingerprint density at radius 3 is 2.68 bits per heavy atom. The number of nitrogens with two attached hydrogens (primary N) is 1. The summed E-state index contributed by atoms with van der Waals surface area (Å²) in [5.41, 5.74) is 8.83. The maximum atomic E-state index is 6.00. The molecule has 0 heterocycles. The quantitative estimate of drug-likeness (QED) is 0.893. The Morgan fingerprint density at radius 2 is 2.11 bits per heavy atom. The van der Waals surface area contributed by atoms with E-state index >= 15 is 0 Å². The monoisotopic (exact) mass is 261 g/mol. The molecule has 0 aromatic heterocycles. The van der Waals surface area contributed by atoms with E-state index in [2.05, 4.69) is 32.0 Å². The van der Waals surface area contributed by atoms with Crippen LogP contribution in [0.2, 0.25) is 0 Å². The Morgan fingerprint density at radius 1 is 1.32 bits per heavy atom. The van der Waals surface area contributed by atoms with Crippen molar-refractivity contribution in [1.82, 2.24) is 0 Å². The molecule has 2 nitrogen and oxygen atoms in total. The average molecular weight is 261 g/mol. The summed E-state index contributed by atoms with van der Waals surface area (Å²) in [4.78, 5) is 0. The zero-order chi connectivity index (χ0) is 13.8. The fourth-order valence-corrected chi connectivity index (χ4v) is 3.55. The molecule has 0 amide bonds. The second-order valence-electron chi connectivity index (χ2n) is 5.91. The standard InChI is InChI=1S/C17H27NO/c1-4-13-5-6-14(11-18)17(10-13)16-8-7-15(19-3)9-12(16)2/h7-9,13-14,17H,4-6,10-11,18H2,1-3H3. The van der Waals surface area contributed by atoms with Crippen LogP contribution in [-0.2, 0) is 0 Å². The predicted molar refractivity (Wildman–Crippen MR) is 80.6 cm³/mol. The van der Waals surface area contributed by atoms with Gasteiger partial charge in [-0.2, -0.15) is 0 Å². The van der Waals surface area contributed by atoms with E-state index in [4.69, 9.17) is 10.5 Å². The molecular formula is C17H27NO. The number of ether oxygens (including phenoxy) is 1. The first-order valence-corrected chi connectivity index (χ1v) is 7.54. The molecule has 106 valence electrons. The molecule has 0 bridgehead atoms. The second-order valence-corrected chi connectivity index (χ2v) is 5.91. The summed E-state index contributed by atoms with van der Waals surface area (Å²) in [6.07, 6.45) is 5.23. The molecule has 1 fully saturated rings. The molecule has 0 saturated heterocycles. The van der Waals surface area contributed by atoms with Crippen LogP contribution in [0.3, 0.4) is 0 Å². The number of hydrogen-bond donors (Lipinski definition) is 1. The minimum Gasteiger partial charge on any atom is -0.497 e. The van der Waals surface area contributed by atoms with Crippen molar-refractivity contribution in [2.75, 3.05) is 13.7 Å². The van der Waals surface area contributed by atoms with E-state index in [0.29, 0.717) is 11.8 Å². The Balaban J connectivity index is 2.25. The molecule has 0 aliphatic heterocycles. The van der Waals surface area contributed by atoms with Gasteiger partial charge in [-0.3, -0.25) is 0 Å². The lowest BCUT2D eigenvalue weighted by Gasteiger charge is -2.36. The number of hydrogen-bond acceptors (Lipinski definition) is 2. The van der Waals surface area contributed by atoms with Gasteiger partial charge in [0.15, 0.2) is 0 Å². The Labute approximate surface area is 117 Å². The summed E-state index contributed by atoms with van der Waals surface area (Å²) < 4.78 is 5.31. The van der Waals surface area contributed by atoms with Crippen LogP contribution in [0.5, 0.6) is 5.75 Å². The van der Waals surface area contributed by atoms with Crippen molar-refractivity contribution in [3.63, 3.8) is 0 Å². The third-order valence-electron chi connectivity index (χ3n) is 4.86. The van der Waals surface area contributed by atoms with E-state index in [1.807, 2.05) is 0 Å². The number of rotatable bonds is 4. The molecule has 0 radical (unpaired) electrons. The molecule has 1 aromatic carbocycles. The van der Waals surface area contributed by atoms with E-state index < -0.39 is 0 Å². The van der Waals surface area contributed by atoms with Gasteiger partial charge in [0.2, 0.25) is 0 Å². The molecule has 1 aliphatic carbocycles. The molecule has 2 heteroatoms. The third kappa shape index (κ3) is 3.11. The van der Waals surface area contributed by atoms with Gasteiger partial charge in [-0.1, -0.05) is 25.8 Å². The Kier molecular flexibility index (Phi) is 4.87. The van der Waals surface area contributed by atoms with Crippen LogP contribution < -0.4 is 10.5 Å². The summed E-state index contributed by atoms with van der Waals surface area (Å²) in [5.74, 6) is 3.10. The van der Waals surface area contributed by atoms with Crippen LogP contribution in [0, 0.1) is 18.8 Å². The van der Waals surface area contributed by atoms with Crippen molar-refractivity contribution < 1.29 is 4.74 Å². The lowest BCUT2D eigenvalue weighted by molar-refractivity contribution is 0.235. The van der Waals surface area contributed by atoms with Gasteiger partial charge < -0.3 is 10.5 Å². The summed E-state index contributed by atoms with van der Waals surface area (Å²) in [7, 11) is 1.73. The largest absolute Gasteiger partial charge is 0.497 e. The maximum Gasteiger partial charge on any atom is 0.119 e. The van der Waals surface area contributed by atoms with Crippen LogP contribution >= 0.6 is 0 Å². The van der Waals surface area contributed by atoms with Crippen LogP contribution in [0.25, 0.3) is 0 Å². The van der Waals surface area contributed by atoms with E-state index in [1.54, 1.807) is 7.11 Å². The van der Waals surface area contributed by atoms with Gasteiger partial charge in [-0.05, 0) is 67.3 Å². The molecule has 0 spiro atoms. The average Bonchev–Trinajstić information content (AvgIpc) is 2.46. The molecule has 3 unspecified atom stereocenters. The zero-order valence-corrected chi connectivity index (χ0v) is 12.5. The molecule has 2 N–H and O–H groups in total. The van der Waals surface area contributed by atoms with E-state index in [1.165, 1.54) is 36.8 Å². The molecule has 1 aromatic rings. The highest BCUT2D eigenvalue weighted by molar-refractivity contribution is 5.37. The summed E-state index contributed by atoms with van der Waals surface area (Å²) in [6, 6.07) is 6.49. The Bertz CT molecular complexity index is 416. The van der Waals surface area contributed by atoms with Crippen LogP contribution in [0.15, 0.2) is 18.2 Å². The third-order valence-corrected chi connectivity index (χ3v) is 4.86. The van der Waals surface area contributed by atoms with Crippen molar-refractivity contribution in [1.29, 1.82) is 0 Å².